The van der Waals surface area contributed by atoms with Crippen LogP contribution in [0, 0.1) is 0 Å². The third kappa shape index (κ3) is 2.66. The van der Waals surface area contributed by atoms with E-state index in [0.29, 0.717) is 6.04 Å². The Morgan fingerprint density at radius 2 is 1.92 bits per heavy atom. The predicted molar refractivity (Wildman–Crippen MR) is 54.8 cm³/mol. The Hall–Kier alpha value is -0.120. The van der Waals surface area contributed by atoms with Crippen LogP contribution in [0.1, 0.15) is 20.8 Å². The van der Waals surface area contributed by atoms with Crippen molar-refractivity contribution in [2.45, 2.75) is 32.4 Å². The third-order valence-electron chi connectivity index (χ3n) is 2.76. The van der Waals surface area contributed by atoms with Crippen LogP contribution >= 0.6 is 0 Å². The zero-order valence-electron chi connectivity index (χ0n) is 9.25. The summed E-state index contributed by atoms with van der Waals surface area (Å²) in [4.78, 5) is 4.68. The molecular weight excluding hydrogens is 164 g/mol. The van der Waals surface area contributed by atoms with Crippen LogP contribution in [-0.4, -0.2) is 59.8 Å². The molecule has 0 bridgehead atoms. The lowest BCUT2D eigenvalue weighted by Gasteiger charge is -2.46. The lowest BCUT2D eigenvalue weighted by atomic mass is 10.0. The van der Waals surface area contributed by atoms with Crippen molar-refractivity contribution in [3.05, 3.63) is 0 Å². The second-order valence-electron chi connectivity index (χ2n) is 4.96. The van der Waals surface area contributed by atoms with Crippen molar-refractivity contribution in [2.75, 3.05) is 33.3 Å². The van der Waals surface area contributed by atoms with Crippen LogP contribution in [0.4, 0.5) is 0 Å². The molecule has 1 N–H and O–H groups in total. The van der Waals surface area contributed by atoms with Crippen molar-refractivity contribution in [1.82, 2.24) is 9.80 Å². The van der Waals surface area contributed by atoms with Gasteiger partial charge in [0.25, 0.3) is 0 Å². The van der Waals surface area contributed by atoms with Gasteiger partial charge in [-0.15, -0.1) is 0 Å². The molecule has 3 heteroatoms. The van der Waals surface area contributed by atoms with Crippen molar-refractivity contribution < 1.29 is 5.11 Å². The van der Waals surface area contributed by atoms with Gasteiger partial charge in [-0.25, -0.2) is 0 Å². The quantitative estimate of drug-likeness (QED) is 0.642. The van der Waals surface area contributed by atoms with Gasteiger partial charge in [-0.1, -0.05) is 0 Å². The van der Waals surface area contributed by atoms with Crippen molar-refractivity contribution in [3.63, 3.8) is 0 Å². The van der Waals surface area contributed by atoms with Gasteiger partial charge in [0.15, 0.2) is 0 Å². The maximum Gasteiger partial charge on any atom is 0.0599 e. The Balaban J connectivity index is 2.63. The highest BCUT2D eigenvalue weighted by Crippen LogP contribution is 2.19. The maximum atomic E-state index is 9.27. The molecule has 0 radical (unpaired) electrons. The van der Waals surface area contributed by atoms with E-state index >= 15 is 0 Å². The summed E-state index contributed by atoms with van der Waals surface area (Å²) in [5.41, 5.74) is 0.175. The molecule has 0 aliphatic carbocycles. The molecule has 1 atom stereocenters. The summed E-state index contributed by atoms with van der Waals surface area (Å²) in [6.07, 6.45) is 0. The zero-order chi connectivity index (χ0) is 10.1. The minimum atomic E-state index is 0.175. The molecule has 1 aliphatic rings. The van der Waals surface area contributed by atoms with E-state index in [0.717, 1.165) is 19.6 Å². The first-order valence-corrected chi connectivity index (χ1v) is 5.01. The van der Waals surface area contributed by atoms with Crippen molar-refractivity contribution in [2.24, 2.45) is 0 Å². The fourth-order valence-corrected chi connectivity index (χ4v) is 2.05. The highest BCUT2D eigenvalue weighted by molar-refractivity contribution is 4.88. The number of hydrogen-bond donors (Lipinski definition) is 1. The maximum absolute atomic E-state index is 9.27. The van der Waals surface area contributed by atoms with Gasteiger partial charge in [0.2, 0.25) is 0 Å². The largest absolute Gasteiger partial charge is 0.395 e. The zero-order valence-corrected chi connectivity index (χ0v) is 9.25. The fourth-order valence-electron chi connectivity index (χ4n) is 2.05. The summed E-state index contributed by atoms with van der Waals surface area (Å²) >= 11 is 0. The smallest absolute Gasteiger partial charge is 0.0599 e. The van der Waals surface area contributed by atoms with Gasteiger partial charge in [0, 0.05) is 31.2 Å². The Bertz CT molecular complexity index is 165. The van der Waals surface area contributed by atoms with E-state index in [1.807, 2.05) is 0 Å². The summed E-state index contributed by atoms with van der Waals surface area (Å²) in [6, 6.07) is 0.304. The van der Waals surface area contributed by atoms with Gasteiger partial charge in [-0.2, -0.15) is 0 Å². The molecule has 1 rings (SSSR count). The molecule has 1 saturated heterocycles. The van der Waals surface area contributed by atoms with E-state index in [1.54, 1.807) is 0 Å². The average Bonchev–Trinajstić information content (AvgIpc) is 2.01. The molecule has 0 saturated carbocycles. The number of piperazine rings is 1. The summed E-state index contributed by atoms with van der Waals surface area (Å²) in [7, 11) is 2.11. The number of likely N-dealkylation sites (N-methyl/N-ethyl adjacent to an activating group) is 1. The van der Waals surface area contributed by atoms with Gasteiger partial charge in [-0.05, 0) is 27.8 Å². The Morgan fingerprint density at radius 3 is 2.38 bits per heavy atom. The molecule has 1 aliphatic heterocycles. The first-order chi connectivity index (χ1) is 5.95. The number of hydrogen-bond acceptors (Lipinski definition) is 3. The van der Waals surface area contributed by atoms with Crippen molar-refractivity contribution in [1.29, 1.82) is 0 Å². The third-order valence-corrected chi connectivity index (χ3v) is 2.76. The highest BCUT2D eigenvalue weighted by Gasteiger charge is 2.32. The average molecular weight is 186 g/mol. The van der Waals surface area contributed by atoms with Crippen LogP contribution in [-0.2, 0) is 0 Å². The predicted octanol–water partition coefficient (Wildman–Crippen LogP) is 0.393. The van der Waals surface area contributed by atoms with Gasteiger partial charge in [0.05, 0.1) is 6.61 Å². The van der Waals surface area contributed by atoms with Crippen LogP contribution in [0.5, 0.6) is 0 Å². The highest BCUT2D eigenvalue weighted by atomic mass is 16.3. The lowest BCUT2D eigenvalue weighted by molar-refractivity contribution is -0.00645. The van der Waals surface area contributed by atoms with Crippen LogP contribution in [0.3, 0.4) is 0 Å². The SMILES string of the molecule is CN1CCN(C(C)(C)C)C(CO)C1. The molecule has 1 heterocycles. The number of rotatable bonds is 1. The molecule has 0 aromatic heterocycles. The van der Waals surface area contributed by atoms with Crippen LogP contribution < -0.4 is 0 Å². The summed E-state index contributed by atoms with van der Waals surface area (Å²) in [6.45, 7) is 10.0. The molecular formula is C10H22N2O. The summed E-state index contributed by atoms with van der Waals surface area (Å²) in [5, 5.41) is 9.27. The van der Waals surface area contributed by atoms with E-state index < -0.39 is 0 Å². The molecule has 0 aromatic rings. The van der Waals surface area contributed by atoms with Gasteiger partial charge >= 0.3 is 0 Å². The van der Waals surface area contributed by atoms with Gasteiger partial charge < -0.3 is 10.0 Å². The van der Waals surface area contributed by atoms with Crippen molar-refractivity contribution >= 4 is 0 Å². The first-order valence-electron chi connectivity index (χ1n) is 5.01. The summed E-state index contributed by atoms with van der Waals surface area (Å²) < 4.78 is 0. The molecule has 0 amide bonds. The Labute approximate surface area is 81.3 Å². The molecule has 13 heavy (non-hydrogen) atoms. The summed E-state index contributed by atoms with van der Waals surface area (Å²) in [5.74, 6) is 0. The standard InChI is InChI=1S/C10H22N2O/c1-10(2,3)12-6-5-11(4)7-9(12)8-13/h9,13H,5-8H2,1-4H3. The fraction of sp³-hybridized carbons (Fsp3) is 1.00. The minimum absolute atomic E-state index is 0.175. The molecule has 1 unspecified atom stereocenters. The minimum Gasteiger partial charge on any atom is -0.395 e. The van der Waals surface area contributed by atoms with Crippen molar-refractivity contribution in [3.8, 4) is 0 Å². The lowest BCUT2D eigenvalue weighted by Crippen LogP contribution is -2.59. The first kappa shape index (κ1) is 11.0. The molecule has 1 fully saturated rings. The second kappa shape index (κ2) is 3.95. The molecule has 0 aromatic carbocycles. The topological polar surface area (TPSA) is 26.7 Å². The Kier molecular flexibility index (Phi) is 3.33. The van der Waals surface area contributed by atoms with E-state index in [4.69, 9.17) is 0 Å². The van der Waals surface area contributed by atoms with E-state index in [9.17, 15) is 5.11 Å². The second-order valence-corrected chi connectivity index (χ2v) is 4.96. The molecule has 78 valence electrons. The van der Waals surface area contributed by atoms with Crippen LogP contribution in [0.15, 0.2) is 0 Å². The van der Waals surface area contributed by atoms with E-state index in [-0.39, 0.29) is 12.1 Å². The van der Waals surface area contributed by atoms with Gasteiger partial charge in [-0.3, -0.25) is 4.90 Å². The molecule has 3 nitrogen and oxygen atoms in total. The number of aliphatic hydroxyl groups is 1. The Morgan fingerprint density at radius 1 is 1.31 bits per heavy atom. The van der Waals surface area contributed by atoms with Gasteiger partial charge in [0.1, 0.15) is 0 Å². The monoisotopic (exact) mass is 186 g/mol. The number of aliphatic hydroxyl groups excluding tert-OH is 1. The van der Waals surface area contributed by atoms with Crippen LogP contribution in [0.2, 0.25) is 0 Å². The van der Waals surface area contributed by atoms with Crippen LogP contribution in [0.25, 0.3) is 0 Å². The normalized spacial score (nSPS) is 27.9. The molecule has 0 spiro atoms. The number of nitrogens with zero attached hydrogens (tertiary/aromatic N) is 2. The van der Waals surface area contributed by atoms with E-state index in [1.165, 1.54) is 0 Å². The van der Waals surface area contributed by atoms with E-state index in [2.05, 4.69) is 37.6 Å².